The number of hydrogen-bond acceptors (Lipinski definition) is 3. The van der Waals surface area contributed by atoms with Crippen molar-refractivity contribution in [3.05, 3.63) is 12.2 Å². The molecule has 0 fully saturated rings. The van der Waals surface area contributed by atoms with Crippen LogP contribution in [0.1, 0.15) is 26.7 Å². The maximum absolute atomic E-state index is 12.8. The van der Waals surface area contributed by atoms with Crippen LogP contribution in [-0.4, -0.2) is 29.3 Å². The third kappa shape index (κ3) is 5.15. The minimum atomic E-state index is -2.01. The molecule has 0 radical (unpaired) electrons. The van der Waals surface area contributed by atoms with Gasteiger partial charge in [0.2, 0.25) is 6.17 Å². The molecule has 0 amide bonds. The lowest BCUT2D eigenvalue weighted by atomic mass is 10.1. The summed E-state index contributed by atoms with van der Waals surface area (Å²) in [6, 6.07) is 0. The van der Waals surface area contributed by atoms with Crippen LogP contribution >= 0.6 is 0 Å². The number of carboxylic acid groups (broad SMARTS) is 1. The second kappa shape index (κ2) is 6.16. The van der Waals surface area contributed by atoms with Crippen molar-refractivity contribution in [2.24, 2.45) is 0 Å². The Hall–Kier alpha value is -1.39. The SMILES string of the molecule is C=C(C)C(=O)OC(CC)CC(F)C(=O)O. The molecule has 15 heavy (non-hydrogen) atoms. The van der Waals surface area contributed by atoms with Gasteiger partial charge in [-0.15, -0.1) is 0 Å². The van der Waals surface area contributed by atoms with Gasteiger partial charge in [-0.1, -0.05) is 13.5 Å². The van der Waals surface area contributed by atoms with E-state index in [0.29, 0.717) is 6.42 Å². The van der Waals surface area contributed by atoms with Gasteiger partial charge in [0, 0.05) is 12.0 Å². The van der Waals surface area contributed by atoms with E-state index in [0.717, 1.165) is 0 Å². The Labute approximate surface area is 87.7 Å². The fourth-order valence-corrected chi connectivity index (χ4v) is 0.882. The number of carbonyl (C=O) groups excluding carboxylic acids is 1. The zero-order chi connectivity index (χ0) is 12.0. The maximum atomic E-state index is 12.8. The van der Waals surface area contributed by atoms with Crippen molar-refractivity contribution in [2.45, 2.75) is 39.0 Å². The molecule has 1 N–H and O–H groups in total. The average molecular weight is 218 g/mol. The van der Waals surface area contributed by atoms with Crippen LogP contribution in [0.5, 0.6) is 0 Å². The largest absolute Gasteiger partial charge is 0.479 e. The molecular formula is C10H15FO4. The molecule has 4 nitrogen and oxygen atoms in total. The van der Waals surface area contributed by atoms with Crippen LogP contribution in [0.25, 0.3) is 0 Å². The van der Waals surface area contributed by atoms with Gasteiger partial charge < -0.3 is 9.84 Å². The first-order chi connectivity index (χ1) is 6.88. The fourth-order valence-electron chi connectivity index (χ4n) is 0.882. The van der Waals surface area contributed by atoms with Crippen molar-refractivity contribution in [1.82, 2.24) is 0 Å². The van der Waals surface area contributed by atoms with E-state index < -0.39 is 24.2 Å². The summed E-state index contributed by atoms with van der Waals surface area (Å²) in [5.41, 5.74) is 0.208. The van der Waals surface area contributed by atoms with E-state index in [1.54, 1.807) is 6.92 Å². The van der Waals surface area contributed by atoms with Crippen LogP contribution in [0.15, 0.2) is 12.2 Å². The Morgan fingerprint density at radius 2 is 2.07 bits per heavy atom. The molecule has 2 atom stereocenters. The summed E-state index contributed by atoms with van der Waals surface area (Å²) < 4.78 is 17.6. The molecule has 0 saturated heterocycles. The summed E-state index contributed by atoms with van der Waals surface area (Å²) in [4.78, 5) is 21.3. The standard InChI is InChI=1S/C10H15FO4/c1-4-7(5-8(11)9(12)13)15-10(14)6(2)3/h7-8H,2,4-5H2,1,3H3,(H,12,13). The highest BCUT2D eigenvalue weighted by molar-refractivity contribution is 5.87. The van der Waals surface area contributed by atoms with Gasteiger partial charge in [0.15, 0.2) is 0 Å². The molecule has 0 aliphatic heterocycles. The summed E-state index contributed by atoms with van der Waals surface area (Å²) in [5, 5.41) is 8.34. The van der Waals surface area contributed by atoms with E-state index in [4.69, 9.17) is 9.84 Å². The molecule has 5 heteroatoms. The number of halogens is 1. The van der Waals surface area contributed by atoms with Gasteiger partial charge in [0.25, 0.3) is 0 Å². The lowest BCUT2D eigenvalue weighted by molar-refractivity contribution is -0.150. The highest BCUT2D eigenvalue weighted by atomic mass is 19.1. The summed E-state index contributed by atoms with van der Waals surface area (Å²) >= 11 is 0. The van der Waals surface area contributed by atoms with Crippen molar-refractivity contribution in [2.75, 3.05) is 0 Å². The van der Waals surface area contributed by atoms with Crippen LogP contribution in [0, 0.1) is 0 Å². The molecule has 0 spiro atoms. The number of ether oxygens (including phenoxy) is 1. The third-order valence-electron chi connectivity index (χ3n) is 1.82. The molecule has 86 valence electrons. The lowest BCUT2D eigenvalue weighted by Crippen LogP contribution is -2.26. The first-order valence-corrected chi connectivity index (χ1v) is 4.61. The predicted molar refractivity (Wildman–Crippen MR) is 52.1 cm³/mol. The Morgan fingerprint density at radius 3 is 2.40 bits per heavy atom. The van der Waals surface area contributed by atoms with Crippen molar-refractivity contribution in [3.8, 4) is 0 Å². The summed E-state index contributed by atoms with van der Waals surface area (Å²) in [6.45, 7) is 6.53. The molecule has 2 unspecified atom stereocenters. The molecule has 0 aromatic carbocycles. The van der Waals surface area contributed by atoms with E-state index in [1.165, 1.54) is 6.92 Å². The highest BCUT2D eigenvalue weighted by Crippen LogP contribution is 2.11. The van der Waals surface area contributed by atoms with E-state index >= 15 is 0 Å². The molecular weight excluding hydrogens is 203 g/mol. The molecule has 0 aliphatic carbocycles. The van der Waals surface area contributed by atoms with Crippen molar-refractivity contribution in [1.29, 1.82) is 0 Å². The van der Waals surface area contributed by atoms with Crippen LogP contribution in [-0.2, 0) is 14.3 Å². The van der Waals surface area contributed by atoms with Crippen molar-refractivity contribution < 1.29 is 23.8 Å². The van der Waals surface area contributed by atoms with Gasteiger partial charge in [-0.05, 0) is 13.3 Å². The highest BCUT2D eigenvalue weighted by Gasteiger charge is 2.23. The molecule has 0 aliphatic rings. The minimum Gasteiger partial charge on any atom is -0.479 e. The van der Waals surface area contributed by atoms with Crippen molar-refractivity contribution >= 4 is 11.9 Å². The number of alkyl halides is 1. The van der Waals surface area contributed by atoms with Gasteiger partial charge >= 0.3 is 11.9 Å². The van der Waals surface area contributed by atoms with Gasteiger partial charge in [0.05, 0.1) is 0 Å². The zero-order valence-electron chi connectivity index (χ0n) is 8.83. The average Bonchev–Trinajstić information content (AvgIpc) is 2.15. The molecule has 0 aromatic rings. The smallest absolute Gasteiger partial charge is 0.338 e. The monoisotopic (exact) mass is 218 g/mol. The summed E-state index contributed by atoms with van der Waals surface area (Å²) in [7, 11) is 0. The van der Waals surface area contributed by atoms with Gasteiger partial charge in [-0.3, -0.25) is 0 Å². The summed E-state index contributed by atoms with van der Waals surface area (Å²) in [6.07, 6.45) is -2.69. The van der Waals surface area contributed by atoms with E-state index in [1.807, 2.05) is 0 Å². The molecule has 0 heterocycles. The predicted octanol–water partition coefficient (Wildman–Crippen LogP) is 1.70. The lowest BCUT2D eigenvalue weighted by Gasteiger charge is -2.16. The Kier molecular flexibility index (Phi) is 5.59. The fraction of sp³-hybridized carbons (Fsp3) is 0.600. The molecule has 0 aromatic heterocycles. The second-order valence-corrected chi connectivity index (χ2v) is 3.26. The number of esters is 1. The number of rotatable bonds is 6. The summed E-state index contributed by atoms with van der Waals surface area (Å²) in [5.74, 6) is -2.17. The van der Waals surface area contributed by atoms with Gasteiger partial charge in [0.1, 0.15) is 6.10 Å². The first-order valence-electron chi connectivity index (χ1n) is 4.61. The Bertz CT molecular complexity index is 262. The Balaban J connectivity index is 4.20. The van der Waals surface area contributed by atoms with Gasteiger partial charge in [-0.2, -0.15) is 0 Å². The number of hydrogen-bond donors (Lipinski definition) is 1. The van der Waals surface area contributed by atoms with E-state index in [9.17, 15) is 14.0 Å². The van der Waals surface area contributed by atoms with Crippen LogP contribution < -0.4 is 0 Å². The zero-order valence-corrected chi connectivity index (χ0v) is 8.83. The number of carbonyl (C=O) groups is 2. The third-order valence-corrected chi connectivity index (χ3v) is 1.82. The topological polar surface area (TPSA) is 63.6 Å². The molecule has 0 rings (SSSR count). The quantitative estimate of drug-likeness (QED) is 0.544. The van der Waals surface area contributed by atoms with E-state index in [-0.39, 0.29) is 12.0 Å². The number of carboxylic acids is 1. The minimum absolute atomic E-state index is 0.208. The van der Waals surface area contributed by atoms with Crippen LogP contribution in [0.4, 0.5) is 4.39 Å². The molecule has 0 saturated carbocycles. The second-order valence-electron chi connectivity index (χ2n) is 3.26. The molecule has 0 bridgehead atoms. The van der Waals surface area contributed by atoms with Crippen LogP contribution in [0.2, 0.25) is 0 Å². The van der Waals surface area contributed by atoms with Crippen molar-refractivity contribution in [3.63, 3.8) is 0 Å². The van der Waals surface area contributed by atoms with E-state index in [2.05, 4.69) is 6.58 Å². The maximum Gasteiger partial charge on any atom is 0.338 e. The first kappa shape index (κ1) is 13.6. The Morgan fingerprint density at radius 1 is 1.53 bits per heavy atom. The number of aliphatic carboxylic acids is 1. The van der Waals surface area contributed by atoms with Gasteiger partial charge in [-0.25, -0.2) is 14.0 Å². The normalized spacial score (nSPS) is 14.1. The van der Waals surface area contributed by atoms with Crippen LogP contribution in [0.3, 0.4) is 0 Å².